The van der Waals surface area contributed by atoms with E-state index in [1.54, 1.807) is 19.1 Å². The molecule has 0 bridgehead atoms. The van der Waals surface area contributed by atoms with Gasteiger partial charge in [-0.25, -0.2) is 4.79 Å². The van der Waals surface area contributed by atoms with E-state index in [2.05, 4.69) is 4.90 Å². The topological polar surface area (TPSA) is 107 Å². The van der Waals surface area contributed by atoms with Crippen LogP contribution in [0, 0.1) is 5.92 Å². The van der Waals surface area contributed by atoms with Crippen molar-refractivity contribution in [1.29, 1.82) is 0 Å². The summed E-state index contributed by atoms with van der Waals surface area (Å²) in [4.78, 5) is 29.9. The molecule has 43 heavy (non-hydrogen) atoms. The summed E-state index contributed by atoms with van der Waals surface area (Å²) in [7, 11) is 3.20. The van der Waals surface area contributed by atoms with Crippen molar-refractivity contribution >= 4 is 12.1 Å². The SMILES string of the molecule is CCCN(CCN1C[C@H](c2ccc3c(c2)OCO3)[C@H](C(=O)O)[C@H]1c1ccc(OC)cc1)C(=O)OCc1ccc(OC)cc1. The lowest BCUT2D eigenvalue weighted by Gasteiger charge is -2.30. The second kappa shape index (κ2) is 13.7. The first kappa shape index (κ1) is 30.0. The quantitative estimate of drug-likeness (QED) is 0.300. The average Bonchev–Trinajstić information content (AvgIpc) is 3.67. The van der Waals surface area contributed by atoms with Gasteiger partial charge >= 0.3 is 12.1 Å². The number of nitrogens with zero attached hydrogens (tertiary/aromatic N) is 2. The number of carboxylic acids is 1. The molecule has 1 amide bonds. The average molecular weight is 591 g/mol. The van der Waals surface area contributed by atoms with Gasteiger partial charge in [0, 0.05) is 38.1 Å². The summed E-state index contributed by atoms with van der Waals surface area (Å²) >= 11 is 0. The molecule has 0 radical (unpaired) electrons. The highest BCUT2D eigenvalue weighted by Crippen LogP contribution is 2.47. The molecule has 10 heteroatoms. The van der Waals surface area contributed by atoms with E-state index in [1.165, 1.54) is 0 Å². The number of benzene rings is 3. The minimum absolute atomic E-state index is 0.147. The van der Waals surface area contributed by atoms with Crippen LogP contribution < -0.4 is 18.9 Å². The van der Waals surface area contributed by atoms with Crippen LogP contribution in [0.3, 0.4) is 0 Å². The molecular weight excluding hydrogens is 552 g/mol. The molecule has 3 aromatic rings. The van der Waals surface area contributed by atoms with Crippen molar-refractivity contribution in [2.75, 3.05) is 47.2 Å². The highest BCUT2D eigenvalue weighted by atomic mass is 16.7. The lowest BCUT2D eigenvalue weighted by molar-refractivity contribution is -0.143. The number of ether oxygens (including phenoxy) is 5. The number of carbonyl (C=O) groups excluding carboxylic acids is 1. The van der Waals surface area contributed by atoms with Gasteiger partial charge in [0.15, 0.2) is 11.5 Å². The van der Waals surface area contributed by atoms with Crippen LogP contribution in [0.4, 0.5) is 4.79 Å². The van der Waals surface area contributed by atoms with Crippen LogP contribution in [0.5, 0.6) is 23.0 Å². The van der Waals surface area contributed by atoms with E-state index in [9.17, 15) is 14.7 Å². The largest absolute Gasteiger partial charge is 0.497 e. The van der Waals surface area contributed by atoms with Gasteiger partial charge in [0.2, 0.25) is 6.79 Å². The van der Waals surface area contributed by atoms with Crippen molar-refractivity contribution < 1.29 is 38.4 Å². The van der Waals surface area contributed by atoms with Crippen molar-refractivity contribution in [3.63, 3.8) is 0 Å². The van der Waals surface area contributed by atoms with Gasteiger partial charge < -0.3 is 33.7 Å². The number of rotatable bonds is 12. The highest BCUT2D eigenvalue weighted by Gasteiger charge is 2.47. The van der Waals surface area contributed by atoms with E-state index in [-0.39, 0.29) is 19.3 Å². The standard InChI is InChI=1S/C33H38N2O8/c1-4-15-34(33(38)41-20-22-5-10-25(39-2)11-6-22)16-17-35-19-27(24-9-14-28-29(18-24)43-21-42-28)30(32(36)37)31(35)23-7-12-26(40-3)13-8-23/h5-14,18,27,30-31H,4,15-17,19-21H2,1-3H3,(H,36,37)/t27-,30+,31-/m1/s1. The molecule has 3 aromatic carbocycles. The zero-order valence-electron chi connectivity index (χ0n) is 24.7. The number of amides is 1. The molecule has 2 heterocycles. The number of hydrogen-bond acceptors (Lipinski definition) is 8. The fourth-order valence-electron chi connectivity index (χ4n) is 5.91. The number of methoxy groups -OCH3 is 2. The molecule has 2 aliphatic heterocycles. The Hall–Kier alpha value is -4.44. The van der Waals surface area contributed by atoms with Gasteiger partial charge in [-0.2, -0.15) is 0 Å². The molecular formula is C33H38N2O8. The summed E-state index contributed by atoms with van der Waals surface area (Å²) in [6.07, 6.45) is 0.358. The van der Waals surface area contributed by atoms with Crippen LogP contribution >= 0.6 is 0 Å². The molecule has 2 aliphatic rings. The molecule has 0 unspecified atom stereocenters. The van der Waals surface area contributed by atoms with Gasteiger partial charge in [-0.15, -0.1) is 0 Å². The van der Waals surface area contributed by atoms with Crippen LogP contribution in [0.1, 0.15) is 42.0 Å². The second-order valence-corrected chi connectivity index (χ2v) is 10.7. The van der Waals surface area contributed by atoms with Gasteiger partial charge in [0.05, 0.1) is 20.1 Å². The van der Waals surface area contributed by atoms with Gasteiger partial charge in [-0.3, -0.25) is 9.69 Å². The number of aliphatic carboxylic acids is 1. The molecule has 5 rings (SSSR count). The second-order valence-electron chi connectivity index (χ2n) is 10.7. The van der Waals surface area contributed by atoms with Crippen molar-refractivity contribution in [3.05, 3.63) is 83.4 Å². The van der Waals surface area contributed by atoms with Crippen molar-refractivity contribution in [3.8, 4) is 23.0 Å². The lowest BCUT2D eigenvalue weighted by Crippen LogP contribution is -2.40. The Balaban J connectivity index is 1.36. The molecule has 0 saturated carbocycles. The van der Waals surface area contributed by atoms with E-state index in [0.29, 0.717) is 43.4 Å². The van der Waals surface area contributed by atoms with E-state index in [0.717, 1.165) is 28.9 Å². The zero-order valence-corrected chi connectivity index (χ0v) is 24.7. The summed E-state index contributed by atoms with van der Waals surface area (Å²) in [6, 6.07) is 20.1. The highest BCUT2D eigenvalue weighted by molar-refractivity contribution is 5.74. The first-order valence-corrected chi connectivity index (χ1v) is 14.5. The number of hydrogen-bond donors (Lipinski definition) is 1. The maximum absolute atomic E-state index is 13.1. The minimum atomic E-state index is -0.879. The third kappa shape index (κ3) is 6.80. The van der Waals surface area contributed by atoms with E-state index in [1.807, 2.05) is 73.7 Å². The molecule has 10 nitrogen and oxygen atoms in total. The van der Waals surface area contributed by atoms with Crippen molar-refractivity contribution in [2.45, 2.75) is 31.9 Å². The van der Waals surface area contributed by atoms with Gasteiger partial charge in [0.25, 0.3) is 0 Å². The predicted octanol–water partition coefficient (Wildman–Crippen LogP) is 5.32. The molecule has 1 saturated heterocycles. The number of fused-ring (bicyclic) bond motifs is 1. The number of carboxylic acid groups (broad SMARTS) is 1. The summed E-state index contributed by atoms with van der Waals surface area (Å²) in [5.41, 5.74) is 2.61. The van der Waals surface area contributed by atoms with Gasteiger partial charge in [-0.1, -0.05) is 37.3 Å². The van der Waals surface area contributed by atoms with Gasteiger partial charge in [0.1, 0.15) is 18.1 Å². The van der Waals surface area contributed by atoms with E-state index >= 15 is 0 Å². The third-order valence-corrected chi connectivity index (χ3v) is 8.10. The third-order valence-electron chi connectivity index (χ3n) is 8.10. The minimum Gasteiger partial charge on any atom is -0.497 e. The Morgan fingerprint density at radius 2 is 1.56 bits per heavy atom. The smallest absolute Gasteiger partial charge is 0.410 e. The monoisotopic (exact) mass is 590 g/mol. The van der Waals surface area contributed by atoms with Crippen molar-refractivity contribution in [1.82, 2.24) is 9.80 Å². The number of likely N-dealkylation sites (tertiary alicyclic amines) is 1. The maximum Gasteiger partial charge on any atom is 0.410 e. The Morgan fingerprint density at radius 1 is 0.907 bits per heavy atom. The Morgan fingerprint density at radius 3 is 2.21 bits per heavy atom. The van der Waals surface area contributed by atoms with Crippen LogP contribution in [-0.2, 0) is 16.1 Å². The van der Waals surface area contributed by atoms with E-state index < -0.39 is 24.0 Å². The summed E-state index contributed by atoms with van der Waals surface area (Å²) < 4.78 is 27.3. The van der Waals surface area contributed by atoms with Crippen LogP contribution in [-0.4, -0.2) is 74.2 Å². The fourth-order valence-corrected chi connectivity index (χ4v) is 5.91. The first-order chi connectivity index (χ1) is 20.9. The Labute approximate surface area is 251 Å². The fraction of sp³-hybridized carbons (Fsp3) is 0.394. The van der Waals surface area contributed by atoms with Crippen LogP contribution in [0.15, 0.2) is 66.7 Å². The summed E-state index contributed by atoms with van der Waals surface area (Å²) in [6.45, 7) is 4.19. The van der Waals surface area contributed by atoms with E-state index in [4.69, 9.17) is 23.7 Å². The predicted molar refractivity (Wildman–Crippen MR) is 159 cm³/mol. The summed E-state index contributed by atoms with van der Waals surface area (Å²) in [5.74, 6) is 0.793. The molecule has 0 spiro atoms. The lowest BCUT2D eigenvalue weighted by atomic mass is 9.82. The zero-order chi connectivity index (χ0) is 30.3. The normalized spacial score (nSPS) is 19.2. The molecule has 0 aromatic heterocycles. The molecule has 0 aliphatic carbocycles. The molecule has 228 valence electrons. The molecule has 3 atom stereocenters. The number of carbonyl (C=O) groups is 2. The van der Waals surface area contributed by atoms with Gasteiger partial charge in [-0.05, 0) is 59.5 Å². The molecule has 1 N–H and O–H groups in total. The molecule has 1 fully saturated rings. The summed E-state index contributed by atoms with van der Waals surface area (Å²) in [5, 5.41) is 10.6. The van der Waals surface area contributed by atoms with Crippen molar-refractivity contribution in [2.24, 2.45) is 5.92 Å². The van der Waals surface area contributed by atoms with Crippen LogP contribution in [0.2, 0.25) is 0 Å². The van der Waals surface area contributed by atoms with Crippen LogP contribution in [0.25, 0.3) is 0 Å². The maximum atomic E-state index is 13.1. The Bertz CT molecular complexity index is 1400. The Kier molecular flexibility index (Phi) is 9.56. The first-order valence-electron chi connectivity index (χ1n) is 14.5.